The van der Waals surface area contributed by atoms with Crippen molar-refractivity contribution in [2.45, 2.75) is 253 Å². The lowest BCUT2D eigenvalue weighted by Crippen LogP contribution is -2.33. The van der Waals surface area contributed by atoms with Gasteiger partial charge in [-0.3, -0.25) is 0 Å². The first-order valence-electron chi connectivity index (χ1n) is 39.3. The number of pyridine rings is 5. The molecule has 2 saturated carbocycles. The summed E-state index contributed by atoms with van der Waals surface area (Å²) in [4.78, 5) is 0. The van der Waals surface area contributed by atoms with Gasteiger partial charge < -0.3 is 0 Å². The molecule has 10 aromatic rings. The summed E-state index contributed by atoms with van der Waals surface area (Å²) in [7, 11) is 10.5. The third-order valence-corrected chi connectivity index (χ3v) is 22.3. The standard InChI is InChI=1S/C20H24N.C19H26N.C18H20N.2C18H24N.6CH4/c1-13-7-5-6-8-14(13)19-18-15(11-12-21(19)4)16-9-10-17(18)20(16,2)3;1-6-16(7-2)18-13-20(5)19(12-15(18)4)17-11-9-8-10-14(17)3;1-12-5-3-4-6-15(12)18-17-14-8-7-13(11-14)16(17)9-10-19(18)2;2*1-5-15(6-2)16-11-12-18(19(4)13-16)17-10-8-7-9-14(17)3;;;;;;/h5-8,11-12,16-17H,9-10H2,1-4H3;8-13,16H,6-7H2,1-5H3;3-6,9-10,13-14H,7-8,11H2,1-2H3;2*7-13,15H,5-6H2,1-4H3;6*1H4/q5*+1;;;;;;/i16D,17D;;13D,14D;15D;;;;;;;. The second-order valence-electron chi connectivity index (χ2n) is 28.8. The highest BCUT2D eigenvalue weighted by Gasteiger charge is 2.54. The summed E-state index contributed by atoms with van der Waals surface area (Å²) in [5.41, 5.74) is 28.1. The van der Waals surface area contributed by atoms with E-state index in [2.05, 4.69) is 343 Å². The van der Waals surface area contributed by atoms with Crippen LogP contribution in [0.5, 0.6) is 0 Å². The van der Waals surface area contributed by atoms with E-state index in [-0.39, 0.29) is 50.0 Å². The molecular formula is C99H142N5+5. The first-order valence-corrected chi connectivity index (χ1v) is 36.8. The van der Waals surface area contributed by atoms with Crippen LogP contribution in [0.4, 0.5) is 0 Å². The lowest BCUT2D eigenvalue weighted by Gasteiger charge is -2.24. The summed E-state index contributed by atoms with van der Waals surface area (Å²) in [6, 6.07) is 57.7. The smallest absolute Gasteiger partial charge is 0.201 e. The van der Waals surface area contributed by atoms with Gasteiger partial charge in [-0.1, -0.05) is 191 Å². The summed E-state index contributed by atoms with van der Waals surface area (Å²) in [6.45, 7) is 30.5. The van der Waals surface area contributed by atoms with Crippen molar-refractivity contribution in [3.63, 3.8) is 0 Å². The Hall–Kier alpha value is -8.15. The zero-order valence-electron chi connectivity index (χ0n) is 68.1. The Morgan fingerprint density at radius 3 is 1.18 bits per heavy atom. The van der Waals surface area contributed by atoms with Crippen molar-refractivity contribution in [1.82, 2.24) is 0 Å². The number of aromatic nitrogens is 5. The highest BCUT2D eigenvalue weighted by molar-refractivity contribution is 5.70. The first-order chi connectivity index (χ1) is 48.9. The Kier molecular flexibility index (Phi) is 30.2. The van der Waals surface area contributed by atoms with E-state index in [0.717, 1.165) is 77.7 Å². The van der Waals surface area contributed by atoms with Crippen molar-refractivity contribution in [1.29, 1.82) is 0 Å². The molecular weight excluding hydrogens is 1260 g/mol. The number of hydrogen-bond donors (Lipinski definition) is 0. The van der Waals surface area contributed by atoms with E-state index in [4.69, 9.17) is 5.48 Å². The summed E-state index contributed by atoms with van der Waals surface area (Å²) in [6.07, 6.45) is 21.2. The Morgan fingerprint density at radius 2 is 0.750 bits per heavy atom. The molecule has 0 radical (unpaired) electrons. The fraction of sp³-hybridized carbons (Fsp3) is 0.444. The monoisotopic (exact) mass is 1410 g/mol. The van der Waals surface area contributed by atoms with Crippen molar-refractivity contribution < 1.29 is 29.7 Å². The molecule has 0 N–H and O–H groups in total. The normalized spacial score (nSPS) is 19.2. The quantitative estimate of drug-likeness (QED) is 0.0967. The Morgan fingerprint density at radius 1 is 0.375 bits per heavy atom. The molecule has 5 heterocycles. The third-order valence-electron chi connectivity index (χ3n) is 22.3. The predicted molar refractivity (Wildman–Crippen MR) is 452 cm³/mol. The van der Waals surface area contributed by atoms with Gasteiger partial charge in [0.25, 0.3) is 0 Å². The lowest BCUT2D eigenvalue weighted by atomic mass is 9.79. The highest BCUT2D eigenvalue weighted by atomic mass is 14.9. The van der Waals surface area contributed by atoms with Gasteiger partial charge in [-0.2, -0.15) is 0 Å². The minimum absolute atomic E-state index is 0. The molecule has 4 aliphatic carbocycles. The molecule has 4 aliphatic rings. The van der Waals surface area contributed by atoms with Crippen LogP contribution in [0.15, 0.2) is 195 Å². The van der Waals surface area contributed by atoms with Crippen molar-refractivity contribution >= 4 is 0 Å². The van der Waals surface area contributed by atoms with Gasteiger partial charge in [-0.05, 0) is 246 Å². The second kappa shape index (κ2) is 39.3. The molecule has 558 valence electrons. The summed E-state index contributed by atoms with van der Waals surface area (Å²) in [5, 5.41) is 0. The third kappa shape index (κ3) is 18.5. The molecule has 0 spiro atoms. The molecule has 0 aliphatic heterocycles. The molecule has 2 fully saturated rings. The van der Waals surface area contributed by atoms with E-state index in [0.29, 0.717) is 18.3 Å². The van der Waals surface area contributed by atoms with E-state index in [1.165, 1.54) is 115 Å². The van der Waals surface area contributed by atoms with Crippen LogP contribution in [0.25, 0.3) is 56.3 Å². The van der Waals surface area contributed by atoms with E-state index >= 15 is 0 Å². The van der Waals surface area contributed by atoms with Gasteiger partial charge >= 0.3 is 0 Å². The van der Waals surface area contributed by atoms with E-state index in [1.807, 2.05) is 7.05 Å². The Bertz CT molecular complexity index is 4700. The van der Waals surface area contributed by atoms with Crippen LogP contribution in [0.3, 0.4) is 0 Å². The van der Waals surface area contributed by atoms with E-state index < -0.39 is 29.5 Å². The topological polar surface area (TPSA) is 19.4 Å². The number of fused-ring (bicyclic) bond motifs is 10. The first kappa shape index (κ1) is 80.0. The average molecular weight is 1410 g/mol. The van der Waals surface area contributed by atoms with Gasteiger partial charge in [-0.25, -0.2) is 22.8 Å². The largest absolute Gasteiger partial charge is 0.216 e. The molecule has 104 heavy (non-hydrogen) atoms. The van der Waals surface area contributed by atoms with E-state index in [1.54, 1.807) is 0 Å². The number of rotatable bonds is 14. The van der Waals surface area contributed by atoms with Gasteiger partial charge in [0.1, 0.15) is 35.2 Å². The van der Waals surface area contributed by atoms with Crippen LogP contribution in [-0.4, -0.2) is 0 Å². The molecule has 5 aromatic heterocycles. The fourth-order valence-electron chi connectivity index (χ4n) is 16.4. The van der Waals surface area contributed by atoms with Crippen LogP contribution in [0.1, 0.15) is 291 Å². The molecule has 14 rings (SSSR count). The van der Waals surface area contributed by atoms with Crippen molar-refractivity contribution in [2.24, 2.45) is 40.7 Å². The minimum Gasteiger partial charge on any atom is -0.201 e. The molecule has 4 unspecified atom stereocenters. The predicted octanol–water partition coefficient (Wildman–Crippen LogP) is 25.6. The van der Waals surface area contributed by atoms with Crippen molar-refractivity contribution in [3.05, 3.63) is 267 Å². The zero-order valence-corrected chi connectivity index (χ0v) is 63.1. The van der Waals surface area contributed by atoms with Gasteiger partial charge in [0.15, 0.2) is 31.0 Å². The van der Waals surface area contributed by atoms with Crippen LogP contribution in [0, 0.1) is 47.0 Å². The van der Waals surface area contributed by atoms with Gasteiger partial charge in [0.05, 0.1) is 0 Å². The highest BCUT2D eigenvalue weighted by Crippen LogP contribution is 2.65. The van der Waals surface area contributed by atoms with Crippen LogP contribution in [0.2, 0.25) is 0 Å². The maximum atomic E-state index is 9.30. The second-order valence-corrected chi connectivity index (χ2v) is 28.8. The average Bonchev–Trinajstić information content (AvgIpc) is 1.50. The molecule has 5 aromatic carbocycles. The minimum atomic E-state index is -0.680. The molecule has 4 atom stereocenters. The molecule has 0 amide bonds. The number of aryl methyl sites for hydroxylation is 11. The molecule has 5 nitrogen and oxygen atoms in total. The molecule has 5 heteroatoms. The Balaban J connectivity index is 0.000000284. The zero-order chi connectivity index (χ0) is 74.7. The summed E-state index contributed by atoms with van der Waals surface area (Å²) in [5.74, 6) is -1.56. The lowest BCUT2D eigenvalue weighted by molar-refractivity contribution is -0.661. The fourth-order valence-corrected chi connectivity index (χ4v) is 16.4. The van der Waals surface area contributed by atoms with Gasteiger partial charge in [0.2, 0.25) is 28.5 Å². The van der Waals surface area contributed by atoms with Crippen LogP contribution >= 0.6 is 0 Å². The van der Waals surface area contributed by atoms with Crippen molar-refractivity contribution in [2.75, 3.05) is 0 Å². The van der Waals surface area contributed by atoms with Crippen LogP contribution in [-0.2, 0) is 35.2 Å². The summed E-state index contributed by atoms with van der Waals surface area (Å²) >= 11 is 0. The molecule has 4 bridgehead atoms. The number of benzene rings is 5. The van der Waals surface area contributed by atoms with E-state index in [9.17, 15) is 1.37 Å². The maximum absolute atomic E-state index is 9.30. The van der Waals surface area contributed by atoms with Crippen LogP contribution < -0.4 is 22.8 Å². The SMILES string of the molecule is C.C.C.C.C.C.CCC(CC)c1c[n+](C)c(-c2ccccc2C)cc1C.CCC(CC)c1ccc(-c2ccccc2C)[n+](C)c1.[2H]C(CC)(CC)c1ccc(-c2ccccc2C)[n+](C)c1.[2H]C12CCC([2H])(C1)c1c2cc[n+](C)c1-c1ccccc1C.[2H]C12CCC([2H])(c3c1cc[n+](C)c3-c1ccccc1C)C2(C)C. The maximum Gasteiger partial charge on any atom is 0.216 e. The summed E-state index contributed by atoms with van der Waals surface area (Å²) < 4.78 is 55.6. The van der Waals surface area contributed by atoms with Gasteiger partial charge in [-0.15, -0.1) is 0 Å². The Labute approximate surface area is 643 Å². The number of nitrogens with zero attached hydrogens (tertiary/aromatic N) is 5. The molecule has 0 saturated heterocycles. The number of hydrogen-bond acceptors (Lipinski definition) is 0. The van der Waals surface area contributed by atoms with Gasteiger partial charge in [0, 0.05) is 92.8 Å². The van der Waals surface area contributed by atoms with Crippen molar-refractivity contribution in [3.8, 4) is 56.3 Å².